The summed E-state index contributed by atoms with van der Waals surface area (Å²) >= 11 is 5.29. The molecular weight excluding hydrogens is 359 g/mol. The van der Waals surface area contributed by atoms with Crippen LogP contribution in [0.2, 0.25) is 0 Å². The van der Waals surface area contributed by atoms with Crippen LogP contribution in [0.5, 0.6) is 0 Å². The molecule has 0 amide bonds. The fraction of sp³-hybridized carbons (Fsp3) is 0.818. The largest absolute Gasteiger partial charge is 0.510 e. The lowest BCUT2D eigenvalue weighted by Gasteiger charge is -2.16. The van der Waals surface area contributed by atoms with Crippen LogP contribution in [0, 0.1) is 0 Å². The average molecular weight is 379 g/mol. The Balaban J connectivity index is 4.21. The number of carbonyl (C=O) groups is 2. The fourth-order valence-corrected chi connectivity index (χ4v) is 1.97. The quantitative estimate of drug-likeness (QED) is 0.242. The minimum atomic E-state index is -4.20. The van der Waals surface area contributed by atoms with Gasteiger partial charge in [-0.1, -0.05) is 11.6 Å². The lowest BCUT2D eigenvalue weighted by atomic mass is 10.5. The van der Waals surface area contributed by atoms with Crippen molar-refractivity contribution in [3.05, 3.63) is 0 Å². The maximum Gasteiger partial charge on any atom is 0.510 e. The molecule has 0 aromatic rings. The SMILES string of the molecule is CC(C)OC(=O)OCOP(=O)(OCCl)OCOC(=O)OC(C)C. The zero-order valence-corrected chi connectivity index (χ0v) is 14.8. The first-order valence-corrected chi connectivity index (χ1v) is 8.44. The lowest BCUT2D eigenvalue weighted by molar-refractivity contribution is -0.0436. The van der Waals surface area contributed by atoms with Gasteiger partial charge in [0.05, 0.1) is 12.2 Å². The van der Waals surface area contributed by atoms with Crippen LogP contribution < -0.4 is 0 Å². The van der Waals surface area contributed by atoms with E-state index in [-0.39, 0.29) is 0 Å². The van der Waals surface area contributed by atoms with Crippen molar-refractivity contribution in [3.8, 4) is 0 Å². The van der Waals surface area contributed by atoms with Crippen LogP contribution in [-0.4, -0.2) is 44.2 Å². The summed E-state index contributed by atoms with van der Waals surface area (Å²) in [5, 5.41) is 0. The maximum atomic E-state index is 12.0. The van der Waals surface area contributed by atoms with E-state index in [0.717, 1.165) is 0 Å². The van der Waals surface area contributed by atoms with Crippen LogP contribution >= 0.6 is 19.4 Å². The molecule has 136 valence electrons. The summed E-state index contributed by atoms with van der Waals surface area (Å²) in [5.41, 5.74) is 0. The zero-order chi connectivity index (χ0) is 17.9. The Morgan fingerprint density at radius 1 is 0.870 bits per heavy atom. The summed E-state index contributed by atoms with van der Waals surface area (Å²) in [6, 6.07) is -0.538. The minimum absolute atomic E-state index is 0.398. The number of carbonyl (C=O) groups excluding carboxylic acids is 2. The van der Waals surface area contributed by atoms with Crippen molar-refractivity contribution in [2.45, 2.75) is 39.9 Å². The van der Waals surface area contributed by atoms with Crippen molar-refractivity contribution in [2.75, 3.05) is 19.7 Å². The van der Waals surface area contributed by atoms with Crippen LogP contribution in [0.1, 0.15) is 27.7 Å². The van der Waals surface area contributed by atoms with E-state index < -0.39 is 52.0 Å². The number of phosphoric ester groups is 1. The molecule has 10 nitrogen and oxygen atoms in total. The molecular formula is C11H20ClO10P. The number of alkyl halides is 1. The molecule has 0 rings (SSSR count). The second-order valence-corrected chi connectivity index (χ2v) is 6.19. The maximum absolute atomic E-state index is 12.0. The standard InChI is InChI=1S/C11H20ClO10P/c1-8(2)21-10(13)16-6-19-23(15,18-5-12)20-7-17-11(14)22-9(3)4/h8-9H,5-7H2,1-4H3. The van der Waals surface area contributed by atoms with Gasteiger partial charge in [0.15, 0.2) is 0 Å². The molecule has 0 N–H and O–H groups in total. The first-order valence-electron chi connectivity index (χ1n) is 6.45. The Kier molecular flexibility index (Phi) is 10.9. The Labute approximate surface area is 138 Å². The zero-order valence-electron chi connectivity index (χ0n) is 13.2. The van der Waals surface area contributed by atoms with E-state index in [9.17, 15) is 14.2 Å². The predicted octanol–water partition coefficient (Wildman–Crippen LogP) is 3.38. The number of rotatable bonds is 10. The van der Waals surface area contributed by atoms with Gasteiger partial charge in [0, 0.05) is 0 Å². The summed E-state index contributed by atoms with van der Waals surface area (Å²) in [7, 11) is -4.20. The third-order valence-electron chi connectivity index (χ3n) is 1.65. The molecule has 0 aromatic heterocycles. The number of hydrogen-bond donors (Lipinski definition) is 0. The van der Waals surface area contributed by atoms with E-state index >= 15 is 0 Å². The van der Waals surface area contributed by atoms with Gasteiger partial charge in [-0.2, -0.15) is 0 Å². The van der Waals surface area contributed by atoms with E-state index in [1.165, 1.54) is 0 Å². The van der Waals surface area contributed by atoms with E-state index in [0.29, 0.717) is 0 Å². The van der Waals surface area contributed by atoms with Crippen LogP contribution in [0.15, 0.2) is 0 Å². The van der Waals surface area contributed by atoms with Gasteiger partial charge >= 0.3 is 20.1 Å². The van der Waals surface area contributed by atoms with Gasteiger partial charge in [0.1, 0.15) is 6.07 Å². The van der Waals surface area contributed by atoms with E-state index in [4.69, 9.17) is 11.6 Å². The van der Waals surface area contributed by atoms with E-state index in [2.05, 4.69) is 32.5 Å². The van der Waals surface area contributed by atoms with Gasteiger partial charge in [-0.05, 0) is 27.7 Å². The smallest absolute Gasteiger partial charge is 0.432 e. The number of ether oxygens (including phenoxy) is 4. The van der Waals surface area contributed by atoms with Crippen molar-refractivity contribution in [3.63, 3.8) is 0 Å². The highest BCUT2D eigenvalue weighted by Crippen LogP contribution is 2.49. The first kappa shape index (κ1) is 21.9. The molecule has 0 radical (unpaired) electrons. The molecule has 23 heavy (non-hydrogen) atoms. The second-order valence-electron chi connectivity index (χ2n) is 4.30. The van der Waals surface area contributed by atoms with E-state index in [1.54, 1.807) is 27.7 Å². The third kappa shape index (κ3) is 12.1. The third-order valence-corrected chi connectivity index (χ3v) is 3.20. The molecule has 0 aromatic carbocycles. The van der Waals surface area contributed by atoms with Crippen molar-refractivity contribution in [1.82, 2.24) is 0 Å². The molecule has 0 spiro atoms. The van der Waals surface area contributed by atoms with Crippen LogP contribution in [0.3, 0.4) is 0 Å². The monoisotopic (exact) mass is 378 g/mol. The molecule has 0 bridgehead atoms. The van der Waals surface area contributed by atoms with Gasteiger partial charge in [0.2, 0.25) is 13.6 Å². The highest BCUT2D eigenvalue weighted by molar-refractivity contribution is 7.48. The molecule has 0 atom stereocenters. The average Bonchev–Trinajstić information content (AvgIpc) is 2.36. The molecule has 0 aliphatic carbocycles. The van der Waals surface area contributed by atoms with Gasteiger partial charge < -0.3 is 18.9 Å². The van der Waals surface area contributed by atoms with Crippen molar-refractivity contribution < 1.29 is 46.7 Å². The minimum Gasteiger partial charge on any atom is -0.432 e. The summed E-state index contributed by atoms with van der Waals surface area (Å²) in [6.07, 6.45) is -2.86. The van der Waals surface area contributed by atoms with Gasteiger partial charge in [-0.25, -0.2) is 23.2 Å². The summed E-state index contributed by atoms with van der Waals surface area (Å²) < 4.78 is 44.2. The number of phosphoric acid groups is 1. The summed E-state index contributed by atoms with van der Waals surface area (Å²) in [5.74, 6) is 0. The fourth-order valence-electron chi connectivity index (χ4n) is 0.903. The van der Waals surface area contributed by atoms with Crippen molar-refractivity contribution >= 4 is 31.7 Å². The lowest BCUT2D eigenvalue weighted by Crippen LogP contribution is -2.16. The van der Waals surface area contributed by atoms with Gasteiger partial charge in [-0.3, -0.25) is 4.52 Å². The van der Waals surface area contributed by atoms with Crippen LogP contribution in [-0.2, 0) is 37.1 Å². The number of halogens is 1. The first-order chi connectivity index (χ1) is 10.7. The highest BCUT2D eigenvalue weighted by atomic mass is 35.5. The Hall–Kier alpha value is -1.06. The van der Waals surface area contributed by atoms with Crippen LogP contribution in [0.25, 0.3) is 0 Å². The van der Waals surface area contributed by atoms with E-state index in [1.807, 2.05) is 0 Å². The molecule has 0 saturated carbocycles. The van der Waals surface area contributed by atoms with Crippen LogP contribution in [0.4, 0.5) is 9.59 Å². The molecule has 0 unspecified atom stereocenters. The molecule has 0 heterocycles. The van der Waals surface area contributed by atoms with Gasteiger partial charge in [-0.15, -0.1) is 0 Å². The van der Waals surface area contributed by atoms with Crippen molar-refractivity contribution in [1.29, 1.82) is 0 Å². The summed E-state index contributed by atoms with van der Waals surface area (Å²) in [4.78, 5) is 22.2. The normalized spacial score (nSPS) is 11.4. The molecule has 0 aliphatic rings. The molecule has 0 saturated heterocycles. The Bertz CT molecular complexity index is 382. The van der Waals surface area contributed by atoms with Gasteiger partial charge in [0.25, 0.3) is 0 Å². The molecule has 0 fully saturated rings. The topological polar surface area (TPSA) is 116 Å². The predicted molar refractivity (Wildman–Crippen MR) is 76.7 cm³/mol. The second kappa shape index (κ2) is 11.5. The molecule has 12 heteroatoms. The Morgan fingerprint density at radius 2 is 1.26 bits per heavy atom. The number of hydrogen-bond acceptors (Lipinski definition) is 10. The van der Waals surface area contributed by atoms with Crippen molar-refractivity contribution in [2.24, 2.45) is 0 Å². The summed E-state index contributed by atoms with van der Waals surface area (Å²) in [6.45, 7) is 4.88. The highest BCUT2D eigenvalue weighted by Gasteiger charge is 2.28. The Morgan fingerprint density at radius 3 is 1.57 bits per heavy atom. The molecule has 0 aliphatic heterocycles.